The van der Waals surface area contributed by atoms with E-state index in [4.69, 9.17) is 0 Å². The summed E-state index contributed by atoms with van der Waals surface area (Å²) in [7, 11) is 0. The maximum absolute atomic E-state index is 2.51. The molecule has 70 valence electrons. The van der Waals surface area contributed by atoms with Crippen LogP contribution in [0.25, 0.3) is 0 Å². The zero-order valence-corrected chi connectivity index (χ0v) is 9.20. The lowest BCUT2D eigenvalue weighted by molar-refractivity contribution is -0.113. The highest BCUT2D eigenvalue weighted by molar-refractivity contribution is 5.27. The van der Waals surface area contributed by atoms with Crippen molar-refractivity contribution in [3.63, 3.8) is 0 Å². The van der Waals surface area contributed by atoms with E-state index in [9.17, 15) is 0 Å². The molecule has 0 bridgehead atoms. The fourth-order valence-corrected chi connectivity index (χ4v) is 4.00. The third kappa shape index (κ3) is 0.592. The smallest absolute Gasteiger partial charge is 0.0232 e. The summed E-state index contributed by atoms with van der Waals surface area (Å²) in [6.07, 6.45) is 4.28. The van der Waals surface area contributed by atoms with Gasteiger partial charge < -0.3 is 0 Å². The highest BCUT2D eigenvalue weighted by Crippen LogP contribution is 2.86. The first-order chi connectivity index (χ1) is 5.40. The van der Waals surface area contributed by atoms with Gasteiger partial charge in [0.2, 0.25) is 0 Å². The van der Waals surface area contributed by atoms with Gasteiger partial charge in [-0.1, -0.05) is 41.0 Å². The van der Waals surface area contributed by atoms with Crippen LogP contribution in [0.2, 0.25) is 0 Å². The summed E-state index contributed by atoms with van der Waals surface area (Å²) in [5.41, 5.74) is 1.98. The van der Waals surface area contributed by atoms with Crippen LogP contribution in [0.1, 0.15) is 53.9 Å². The highest BCUT2D eigenvalue weighted by Gasteiger charge is 2.79. The lowest BCUT2D eigenvalue weighted by Crippen LogP contribution is -2.53. The van der Waals surface area contributed by atoms with Gasteiger partial charge in [0, 0.05) is 0 Å². The molecule has 2 aliphatic carbocycles. The van der Waals surface area contributed by atoms with Gasteiger partial charge in [0.05, 0.1) is 0 Å². The van der Waals surface area contributed by atoms with Gasteiger partial charge in [-0.3, -0.25) is 0 Å². The number of hydrogen-bond donors (Lipinski definition) is 0. The minimum absolute atomic E-state index is 0.598. The molecule has 2 fully saturated rings. The molecular formula is C12H22. The molecule has 3 atom stereocenters. The topological polar surface area (TPSA) is 0 Å². The summed E-state index contributed by atoms with van der Waals surface area (Å²) in [6.45, 7) is 12.3. The fraction of sp³-hybridized carbons (Fsp3) is 1.00. The lowest BCUT2D eigenvalue weighted by atomic mass is 9.45. The molecule has 3 unspecified atom stereocenters. The average molecular weight is 166 g/mol. The van der Waals surface area contributed by atoms with Gasteiger partial charge >= 0.3 is 0 Å². The van der Waals surface area contributed by atoms with Crippen molar-refractivity contribution in [2.75, 3.05) is 0 Å². The molecule has 2 rings (SSSR count). The minimum Gasteiger partial charge on any atom is -0.0654 e. The quantitative estimate of drug-likeness (QED) is 0.584. The Hall–Kier alpha value is 0. The summed E-state index contributed by atoms with van der Waals surface area (Å²) >= 11 is 0. The molecule has 2 aliphatic rings. The largest absolute Gasteiger partial charge is 0.0654 e. The Labute approximate surface area is 76.7 Å². The second-order valence-corrected chi connectivity index (χ2v) is 5.97. The molecule has 0 heteroatoms. The van der Waals surface area contributed by atoms with E-state index in [0.717, 1.165) is 11.3 Å². The summed E-state index contributed by atoms with van der Waals surface area (Å²) in [5, 5.41) is 0. The first-order valence-electron chi connectivity index (χ1n) is 5.40. The summed E-state index contributed by atoms with van der Waals surface area (Å²) in [6, 6.07) is 0. The third-order valence-corrected chi connectivity index (χ3v) is 5.63. The Morgan fingerprint density at radius 3 is 2.08 bits per heavy atom. The van der Waals surface area contributed by atoms with Crippen molar-refractivity contribution >= 4 is 0 Å². The van der Waals surface area contributed by atoms with Crippen molar-refractivity contribution in [1.82, 2.24) is 0 Å². The van der Waals surface area contributed by atoms with Crippen molar-refractivity contribution in [2.24, 2.45) is 22.2 Å². The standard InChI is InChI=1S/C12H22/c1-6-7-11(4)9-8-12(9,5)10(11,2)3/h9H,6-8H2,1-5H3. The van der Waals surface area contributed by atoms with Crippen LogP contribution < -0.4 is 0 Å². The molecule has 0 spiro atoms. The first-order valence-corrected chi connectivity index (χ1v) is 5.40. The van der Waals surface area contributed by atoms with E-state index in [0.29, 0.717) is 10.8 Å². The van der Waals surface area contributed by atoms with Gasteiger partial charge in [0.15, 0.2) is 0 Å². The molecule has 12 heavy (non-hydrogen) atoms. The predicted molar refractivity (Wildman–Crippen MR) is 53.0 cm³/mol. The molecule has 0 aromatic heterocycles. The maximum Gasteiger partial charge on any atom is -0.0232 e. The van der Waals surface area contributed by atoms with Gasteiger partial charge in [-0.05, 0) is 35.0 Å². The number of fused-ring (bicyclic) bond motifs is 1. The summed E-state index contributed by atoms with van der Waals surface area (Å²) in [5.74, 6) is 1.06. The monoisotopic (exact) mass is 166 g/mol. The van der Waals surface area contributed by atoms with Crippen molar-refractivity contribution in [1.29, 1.82) is 0 Å². The fourth-order valence-electron chi connectivity index (χ4n) is 4.00. The van der Waals surface area contributed by atoms with E-state index in [1.165, 1.54) is 19.3 Å². The highest BCUT2D eigenvalue weighted by atomic mass is 14.8. The number of hydrogen-bond acceptors (Lipinski definition) is 0. The second-order valence-electron chi connectivity index (χ2n) is 5.97. The van der Waals surface area contributed by atoms with Crippen LogP contribution in [0.4, 0.5) is 0 Å². The van der Waals surface area contributed by atoms with Crippen LogP contribution in [0, 0.1) is 22.2 Å². The van der Waals surface area contributed by atoms with Crippen molar-refractivity contribution in [2.45, 2.75) is 53.9 Å². The molecule has 0 nitrogen and oxygen atoms in total. The Morgan fingerprint density at radius 2 is 1.75 bits per heavy atom. The molecule has 0 aliphatic heterocycles. The first kappa shape index (κ1) is 8.59. The summed E-state index contributed by atoms with van der Waals surface area (Å²) in [4.78, 5) is 0. The Kier molecular flexibility index (Phi) is 1.37. The van der Waals surface area contributed by atoms with E-state index in [2.05, 4.69) is 34.6 Å². The van der Waals surface area contributed by atoms with Crippen LogP contribution in [0.5, 0.6) is 0 Å². The molecule has 0 saturated heterocycles. The number of rotatable bonds is 2. The Morgan fingerprint density at radius 1 is 1.17 bits per heavy atom. The van der Waals surface area contributed by atoms with Crippen LogP contribution in [0.3, 0.4) is 0 Å². The van der Waals surface area contributed by atoms with Crippen molar-refractivity contribution < 1.29 is 0 Å². The molecule has 0 radical (unpaired) electrons. The SMILES string of the molecule is CCCC1(C)C2CC2(C)C1(C)C. The molecule has 0 N–H and O–H groups in total. The van der Waals surface area contributed by atoms with Crippen LogP contribution in [-0.2, 0) is 0 Å². The normalized spacial score (nSPS) is 54.2. The van der Waals surface area contributed by atoms with Crippen LogP contribution >= 0.6 is 0 Å². The maximum atomic E-state index is 2.51. The van der Waals surface area contributed by atoms with Gasteiger partial charge in [-0.25, -0.2) is 0 Å². The molecule has 0 aromatic carbocycles. The molecule has 0 heterocycles. The molecule has 0 amide bonds. The lowest BCUT2D eigenvalue weighted by Gasteiger charge is -2.59. The van der Waals surface area contributed by atoms with Crippen molar-refractivity contribution in [3.8, 4) is 0 Å². The van der Waals surface area contributed by atoms with Gasteiger partial charge in [0.1, 0.15) is 0 Å². The average Bonchev–Trinajstić information content (AvgIpc) is 2.62. The Balaban J connectivity index is 2.21. The van der Waals surface area contributed by atoms with E-state index < -0.39 is 0 Å². The van der Waals surface area contributed by atoms with Gasteiger partial charge in [-0.15, -0.1) is 0 Å². The molecule has 0 aromatic rings. The Bertz CT molecular complexity index is 216. The zero-order valence-electron chi connectivity index (χ0n) is 9.20. The zero-order chi connectivity index (χ0) is 9.20. The van der Waals surface area contributed by atoms with Gasteiger partial charge in [0.25, 0.3) is 0 Å². The van der Waals surface area contributed by atoms with E-state index in [-0.39, 0.29) is 0 Å². The van der Waals surface area contributed by atoms with Crippen molar-refractivity contribution in [3.05, 3.63) is 0 Å². The van der Waals surface area contributed by atoms with E-state index in [1.807, 2.05) is 0 Å². The predicted octanol–water partition coefficient (Wildman–Crippen LogP) is 3.86. The summed E-state index contributed by atoms with van der Waals surface area (Å²) < 4.78 is 0. The van der Waals surface area contributed by atoms with E-state index in [1.54, 1.807) is 0 Å². The molecule has 2 saturated carbocycles. The second kappa shape index (κ2) is 1.91. The molecular weight excluding hydrogens is 144 g/mol. The van der Waals surface area contributed by atoms with Crippen LogP contribution in [0.15, 0.2) is 0 Å². The van der Waals surface area contributed by atoms with Crippen LogP contribution in [-0.4, -0.2) is 0 Å². The van der Waals surface area contributed by atoms with Gasteiger partial charge in [-0.2, -0.15) is 0 Å². The van der Waals surface area contributed by atoms with E-state index >= 15 is 0 Å². The minimum atomic E-state index is 0.598. The third-order valence-electron chi connectivity index (χ3n) is 5.63.